The number of ether oxygens (including phenoxy) is 1. The number of amides is 1. The van der Waals surface area contributed by atoms with Crippen molar-refractivity contribution in [1.82, 2.24) is 9.78 Å². The first-order valence-corrected chi connectivity index (χ1v) is 6.47. The van der Waals surface area contributed by atoms with Crippen molar-refractivity contribution in [3.8, 4) is 0 Å². The number of nitrogens with one attached hydrogen (secondary N) is 1. The predicted molar refractivity (Wildman–Crippen MR) is 78.1 cm³/mol. The van der Waals surface area contributed by atoms with Gasteiger partial charge in [0.1, 0.15) is 6.54 Å². The molecule has 0 bridgehead atoms. The largest absolute Gasteiger partial charge is 0.468 e. The molecule has 1 amide bonds. The first-order chi connectivity index (χ1) is 9.99. The van der Waals surface area contributed by atoms with E-state index in [2.05, 4.69) is 15.2 Å². The zero-order valence-corrected chi connectivity index (χ0v) is 12.2. The maximum atomic E-state index is 12.1. The Hall–Kier alpha value is -2.63. The van der Waals surface area contributed by atoms with Crippen molar-refractivity contribution in [2.75, 3.05) is 12.4 Å². The summed E-state index contributed by atoms with van der Waals surface area (Å²) in [6.07, 6.45) is 3.07. The molecule has 0 fully saturated rings. The van der Waals surface area contributed by atoms with E-state index >= 15 is 0 Å². The predicted octanol–water partition coefficient (Wildman–Crippen LogP) is 1.93. The molecular formula is C15H17N3O3. The smallest absolute Gasteiger partial charge is 0.327 e. The molecule has 2 aromatic rings. The van der Waals surface area contributed by atoms with E-state index in [4.69, 9.17) is 0 Å². The van der Waals surface area contributed by atoms with E-state index in [0.29, 0.717) is 11.3 Å². The maximum Gasteiger partial charge on any atom is 0.327 e. The molecule has 2 rings (SSSR count). The second kappa shape index (κ2) is 6.21. The Labute approximate surface area is 122 Å². The molecule has 0 saturated carbocycles. The van der Waals surface area contributed by atoms with Gasteiger partial charge >= 0.3 is 5.97 Å². The number of anilines is 1. The van der Waals surface area contributed by atoms with Crippen LogP contribution in [-0.4, -0.2) is 28.8 Å². The van der Waals surface area contributed by atoms with Crippen LogP contribution in [0.2, 0.25) is 0 Å². The average molecular weight is 287 g/mol. The summed E-state index contributed by atoms with van der Waals surface area (Å²) in [5, 5.41) is 6.73. The van der Waals surface area contributed by atoms with Crippen molar-refractivity contribution >= 4 is 17.6 Å². The zero-order chi connectivity index (χ0) is 15.4. The van der Waals surface area contributed by atoms with Gasteiger partial charge in [-0.2, -0.15) is 5.10 Å². The zero-order valence-electron chi connectivity index (χ0n) is 12.2. The molecule has 0 aliphatic heterocycles. The molecular weight excluding hydrogens is 270 g/mol. The first-order valence-electron chi connectivity index (χ1n) is 6.47. The lowest BCUT2D eigenvalue weighted by Gasteiger charge is -2.05. The Kier molecular flexibility index (Phi) is 4.37. The van der Waals surface area contributed by atoms with Crippen LogP contribution in [0.1, 0.15) is 21.5 Å². The minimum absolute atomic E-state index is 0.00993. The normalized spacial score (nSPS) is 10.2. The van der Waals surface area contributed by atoms with Gasteiger partial charge in [0.25, 0.3) is 5.91 Å². The number of benzene rings is 1. The van der Waals surface area contributed by atoms with Crippen LogP contribution in [0.15, 0.2) is 30.6 Å². The average Bonchev–Trinajstić information content (AvgIpc) is 2.88. The molecule has 1 N–H and O–H groups in total. The van der Waals surface area contributed by atoms with Gasteiger partial charge in [-0.15, -0.1) is 0 Å². The van der Waals surface area contributed by atoms with Crippen LogP contribution >= 0.6 is 0 Å². The minimum Gasteiger partial charge on any atom is -0.468 e. The Morgan fingerprint density at radius 3 is 2.71 bits per heavy atom. The summed E-state index contributed by atoms with van der Waals surface area (Å²) in [6.45, 7) is 3.96. The molecule has 1 heterocycles. The van der Waals surface area contributed by atoms with Crippen molar-refractivity contribution < 1.29 is 14.3 Å². The van der Waals surface area contributed by atoms with Gasteiger partial charge in [-0.3, -0.25) is 14.3 Å². The summed E-state index contributed by atoms with van der Waals surface area (Å²) in [4.78, 5) is 23.3. The van der Waals surface area contributed by atoms with E-state index < -0.39 is 5.97 Å². The summed E-state index contributed by atoms with van der Waals surface area (Å²) in [6, 6.07) is 5.52. The number of methoxy groups -OCH3 is 1. The van der Waals surface area contributed by atoms with Crippen molar-refractivity contribution in [3.63, 3.8) is 0 Å². The number of hydrogen-bond donors (Lipinski definition) is 1. The van der Waals surface area contributed by atoms with E-state index in [1.54, 1.807) is 12.3 Å². The van der Waals surface area contributed by atoms with Crippen molar-refractivity contribution in [3.05, 3.63) is 47.3 Å². The lowest BCUT2D eigenvalue weighted by molar-refractivity contribution is -0.141. The lowest BCUT2D eigenvalue weighted by atomic mass is 10.1. The third-order valence-corrected chi connectivity index (χ3v) is 3.18. The molecule has 1 aromatic carbocycles. The molecule has 0 unspecified atom stereocenters. The monoisotopic (exact) mass is 287 g/mol. The molecule has 0 spiro atoms. The van der Waals surface area contributed by atoms with Crippen molar-refractivity contribution in [1.29, 1.82) is 0 Å². The fraction of sp³-hybridized carbons (Fsp3) is 0.267. The number of aromatic nitrogens is 2. The lowest BCUT2D eigenvalue weighted by Crippen LogP contribution is -2.13. The molecule has 1 aromatic heterocycles. The van der Waals surface area contributed by atoms with Crippen LogP contribution in [0, 0.1) is 13.8 Å². The summed E-state index contributed by atoms with van der Waals surface area (Å²) >= 11 is 0. The maximum absolute atomic E-state index is 12.1. The fourth-order valence-corrected chi connectivity index (χ4v) is 1.80. The Morgan fingerprint density at radius 1 is 1.29 bits per heavy atom. The van der Waals surface area contributed by atoms with Gasteiger partial charge in [-0.1, -0.05) is 6.07 Å². The van der Waals surface area contributed by atoms with Gasteiger partial charge in [-0.05, 0) is 37.1 Å². The van der Waals surface area contributed by atoms with Crippen LogP contribution in [0.5, 0.6) is 0 Å². The Balaban J connectivity index is 2.05. The van der Waals surface area contributed by atoms with Gasteiger partial charge in [0.15, 0.2) is 0 Å². The van der Waals surface area contributed by atoms with E-state index in [0.717, 1.165) is 11.1 Å². The number of carbonyl (C=O) groups excluding carboxylic acids is 2. The third-order valence-electron chi connectivity index (χ3n) is 3.18. The second-order valence-corrected chi connectivity index (χ2v) is 4.76. The van der Waals surface area contributed by atoms with Crippen LogP contribution in [0.3, 0.4) is 0 Å². The number of hydrogen-bond acceptors (Lipinski definition) is 4. The van der Waals surface area contributed by atoms with E-state index in [1.165, 1.54) is 18.0 Å². The molecule has 6 heteroatoms. The highest BCUT2D eigenvalue weighted by molar-refractivity contribution is 6.04. The van der Waals surface area contributed by atoms with Crippen LogP contribution in [0.25, 0.3) is 0 Å². The minimum atomic E-state index is -0.398. The number of rotatable bonds is 4. The molecule has 0 aliphatic rings. The van der Waals surface area contributed by atoms with Crippen molar-refractivity contribution in [2.24, 2.45) is 0 Å². The summed E-state index contributed by atoms with van der Waals surface area (Å²) in [5.74, 6) is -0.610. The summed E-state index contributed by atoms with van der Waals surface area (Å²) in [5.41, 5.74) is 3.31. The standard InChI is InChI=1S/C15H17N3O3/c1-10-4-5-12(6-11(10)2)15(20)17-13-7-16-18(8-13)9-14(19)21-3/h4-8H,9H2,1-3H3,(H,17,20). The number of nitrogens with zero attached hydrogens (tertiary/aromatic N) is 2. The van der Waals surface area contributed by atoms with Gasteiger partial charge in [0, 0.05) is 11.8 Å². The molecule has 6 nitrogen and oxygen atoms in total. The highest BCUT2D eigenvalue weighted by Crippen LogP contribution is 2.12. The van der Waals surface area contributed by atoms with Crippen LogP contribution < -0.4 is 5.32 Å². The summed E-state index contributed by atoms with van der Waals surface area (Å²) < 4.78 is 5.96. The molecule has 0 aliphatic carbocycles. The highest BCUT2D eigenvalue weighted by Gasteiger charge is 2.09. The van der Waals surface area contributed by atoms with Gasteiger partial charge in [-0.25, -0.2) is 0 Å². The number of carbonyl (C=O) groups is 2. The second-order valence-electron chi connectivity index (χ2n) is 4.76. The topological polar surface area (TPSA) is 73.2 Å². The van der Waals surface area contributed by atoms with Gasteiger partial charge < -0.3 is 10.1 Å². The van der Waals surface area contributed by atoms with Crippen LogP contribution in [0.4, 0.5) is 5.69 Å². The van der Waals surface area contributed by atoms with Crippen molar-refractivity contribution in [2.45, 2.75) is 20.4 Å². The van der Waals surface area contributed by atoms with E-state index in [1.807, 2.05) is 26.0 Å². The molecule has 21 heavy (non-hydrogen) atoms. The third kappa shape index (κ3) is 3.68. The quantitative estimate of drug-likeness (QED) is 0.872. The number of esters is 1. The van der Waals surface area contributed by atoms with Gasteiger partial charge in [0.05, 0.1) is 19.0 Å². The molecule has 0 radical (unpaired) electrons. The molecule has 110 valence electrons. The summed E-state index contributed by atoms with van der Waals surface area (Å²) in [7, 11) is 1.31. The number of aryl methyl sites for hydroxylation is 2. The SMILES string of the molecule is COC(=O)Cn1cc(NC(=O)c2ccc(C)c(C)c2)cn1. The fourth-order valence-electron chi connectivity index (χ4n) is 1.80. The van der Waals surface area contributed by atoms with Gasteiger partial charge in [0.2, 0.25) is 0 Å². The van der Waals surface area contributed by atoms with Crippen LogP contribution in [-0.2, 0) is 16.1 Å². The first kappa shape index (κ1) is 14.8. The molecule has 0 atom stereocenters. The van der Waals surface area contributed by atoms with E-state index in [9.17, 15) is 9.59 Å². The Morgan fingerprint density at radius 2 is 2.05 bits per heavy atom. The van der Waals surface area contributed by atoms with E-state index in [-0.39, 0.29) is 12.5 Å². The highest BCUT2D eigenvalue weighted by atomic mass is 16.5. The molecule has 0 saturated heterocycles. The Bertz CT molecular complexity index is 677.